The SMILES string of the molecule is Cc1[nH]c2ccccc2c1C(=O)COC(=O)C1CCCN1C(=O)c1cccs1. The number of benzene rings is 1. The molecular weight excluding hydrogens is 376 g/mol. The first-order valence-corrected chi connectivity index (χ1v) is 10.1. The normalized spacial score (nSPS) is 16.5. The molecular formula is C21H20N2O4S. The molecule has 4 rings (SSSR count). The Morgan fingerprint density at radius 3 is 2.82 bits per heavy atom. The first-order valence-electron chi connectivity index (χ1n) is 9.18. The van der Waals surface area contributed by atoms with Crippen LogP contribution in [-0.4, -0.2) is 46.7 Å². The Hall–Kier alpha value is -2.93. The van der Waals surface area contributed by atoms with Crippen LogP contribution in [0.25, 0.3) is 10.9 Å². The molecule has 28 heavy (non-hydrogen) atoms. The maximum atomic E-state index is 12.7. The number of likely N-dealkylation sites (tertiary alicyclic amines) is 1. The van der Waals surface area contributed by atoms with E-state index < -0.39 is 12.0 Å². The topological polar surface area (TPSA) is 79.5 Å². The lowest BCUT2D eigenvalue weighted by Gasteiger charge is -2.22. The number of nitrogens with zero attached hydrogens (tertiary/aromatic N) is 1. The summed E-state index contributed by atoms with van der Waals surface area (Å²) >= 11 is 1.35. The van der Waals surface area contributed by atoms with Gasteiger partial charge in [-0.15, -0.1) is 11.3 Å². The van der Waals surface area contributed by atoms with Crippen molar-refractivity contribution in [3.8, 4) is 0 Å². The number of rotatable bonds is 5. The van der Waals surface area contributed by atoms with Crippen molar-refractivity contribution in [2.45, 2.75) is 25.8 Å². The molecule has 1 aromatic carbocycles. The lowest BCUT2D eigenvalue weighted by molar-refractivity contribution is -0.147. The number of esters is 1. The van der Waals surface area contributed by atoms with Crippen LogP contribution in [-0.2, 0) is 9.53 Å². The second-order valence-electron chi connectivity index (χ2n) is 6.84. The number of carbonyl (C=O) groups is 3. The zero-order chi connectivity index (χ0) is 19.7. The maximum absolute atomic E-state index is 12.7. The third-order valence-corrected chi connectivity index (χ3v) is 5.89. The van der Waals surface area contributed by atoms with E-state index in [2.05, 4.69) is 4.98 Å². The second kappa shape index (κ2) is 7.59. The number of carbonyl (C=O) groups excluding carboxylic acids is 3. The standard InChI is InChI=1S/C21H20N2O4S/c1-13-19(14-6-2-3-7-15(14)22-13)17(24)12-27-21(26)16-8-4-10-23(16)20(25)18-9-5-11-28-18/h2-3,5-7,9,11,16,22H,4,8,10,12H2,1H3. The number of aryl methyl sites for hydroxylation is 1. The van der Waals surface area contributed by atoms with Crippen molar-refractivity contribution in [3.05, 3.63) is 57.9 Å². The number of H-pyrrole nitrogens is 1. The molecule has 1 saturated heterocycles. The Bertz CT molecular complexity index is 1040. The van der Waals surface area contributed by atoms with E-state index in [1.165, 1.54) is 11.3 Å². The van der Waals surface area contributed by atoms with Gasteiger partial charge in [-0.3, -0.25) is 9.59 Å². The molecule has 1 amide bonds. The Morgan fingerprint density at radius 1 is 1.21 bits per heavy atom. The van der Waals surface area contributed by atoms with Crippen molar-refractivity contribution < 1.29 is 19.1 Å². The summed E-state index contributed by atoms with van der Waals surface area (Å²) in [6, 6.07) is 10.5. The Morgan fingerprint density at radius 2 is 2.04 bits per heavy atom. The van der Waals surface area contributed by atoms with Crippen molar-refractivity contribution in [2.75, 3.05) is 13.2 Å². The zero-order valence-electron chi connectivity index (χ0n) is 15.4. The van der Waals surface area contributed by atoms with Crippen LogP contribution in [0.2, 0.25) is 0 Å². The van der Waals surface area contributed by atoms with Crippen molar-refractivity contribution in [1.82, 2.24) is 9.88 Å². The first-order chi connectivity index (χ1) is 13.6. The Labute approximate surface area is 166 Å². The minimum absolute atomic E-state index is 0.159. The lowest BCUT2D eigenvalue weighted by Crippen LogP contribution is -2.41. The smallest absolute Gasteiger partial charge is 0.329 e. The van der Waals surface area contributed by atoms with E-state index in [1.807, 2.05) is 42.6 Å². The van der Waals surface area contributed by atoms with Gasteiger partial charge >= 0.3 is 5.97 Å². The van der Waals surface area contributed by atoms with Crippen LogP contribution in [0, 0.1) is 6.92 Å². The summed E-state index contributed by atoms with van der Waals surface area (Å²) in [6.45, 7) is 2.01. The Kier molecular flexibility index (Phi) is 5.00. The van der Waals surface area contributed by atoms with Crippen molar-refractivity contribution >= 4 is 39.9 Å². The van der Waals surface area contributed by atoms with Crippen LogP contribution in [0.15, 0.2) is 41.8 Å². The number of hydrogen-bond acceptors (Lipinski definition) is 5. The van der Waals surface area contributed by atoms with Gasteiger partial charge in [0.2, 0.25) is 5.78 Å². The average Bonchev–Trinajstić information content (AvgIpc) is 3.43. The number of thiophene rings is 1. The van der Waals surface area contributed by atoms with Crippen LogP contribution in [0.5, 0.6) is 0 Å². The molecule has 3 heterocycles. The molecule has 6 nitrogen and oxygen atoms in total. The number of amides is 1. The van der Waals surface area contributed by atoms with Crippen LogP contribution in [0.4, 0.5) is 0 Å². The van der Waals surface area contributed by atoms with Crippen molar-refractivity contribution in [2.24, 2.45) is 0 Å². The van der Waals surface area contributed by atoms with Gasteiger partial charge in [-0.1, -0.05) is 24.3 Å². The average molecular weight is 396 g/mol. The molecule has 1 atom stereocenters. The summed E-state index contributed by atoms with van der Waals surface area (Å²) in [7, 11) is 0. The molecule has 1 unspecified atom stereocenters. The number of ketones is 1. The maximum Gasteiger partial charge on any atom is 0.329 e. The van der Waals surface area contributed by atoms with Gasteiger partial charge in [0.15, 0.2) is 6.61 Å². The van der Waals surface area contributed by atoms with Gasteiger partial charge < -0.3 is 14.6 Å². The fourth-order valence-corrected chi connectivity index (χ4v) is 4.42. The largest absolute Gasteiger partial charge is 0.456 e. The van der Waals surface area contributed by atoms with E-state index in [9.17, 15) is 14.4 Å². The summed E-state index contributed by atoms with van der Waals surface area (Å²) in [5.74, 6) is -0.932. The van der Waals surface area contributed by atoms with Crippen LogP contribution in [0.1, 0.15) is 38.6 Å². The minimum Gasteiger partial charge on any atom is -0.456 e. The van der Waals surface area contributed by atoms with E-state index in [1.54, 1.807) is 11.0 Å². The molecule has 0 aliphatic carbocycles. The van der Waals surface area contributed by atoms with Gasteiger partial charge in [-0.05, 0) is 37.3 Å². The zero-order valence-corrected chi connectivity index (χ0v) is 16.3. The van der Waals surface area contributed by atoms with E-state index in [-0.39, 0.29) is 18.3 Å². The fourth-order valence-electron chi connectivity index (χ4n) is 3.74. The molecule has 0 radical (unpaired) electrons. The summed E-state index contributed by atoms with van der Waals surface area (Å²) < 4.78 is 5.32. The molecule has 144 valence electrons. The molecule has 2 aromatic heterocycles. The highest BCUT2D eigenvalue weighted by Crippen LogP contribution is 2.24. The second-order valence-corrected chi connectivity index (χ2v) is 7.78. The number of Topliss-reactive ketones (excluding diaryl/α,β-unsaturated/α-hetero) is 1. The third kappa shape index (κ3) is 3.33. The molecule has 1 aliphatic rings. The minimum atomic E-state index is -0.633. The molecule has 0 spiro atoms. The molecule has 0 bridgehead atoms. The van der Waals surface area contributed by atoms with Gasteiger partial charge in [-0.25, -0.2) is 4.79 Å². The third-order valence-electron chi connectivity index (χ3n) is 5.04. The quantitative estimate of drug-likeness (QED) is 0.528. The highest BCUT2D eigenvalue weighted by atomic mass is 32.1. The van der Waals surface area contributed by atoms with E-state index in [0.29, 0.717) is 23.4 Å². The van der Waals surface area contributed by atoms with Crippen molar-refractivity contribution in [1.29, 1.82) is 0 Å². The first kappa shape index (κ1) is 18.4. The van der Waals surface area contributed by atoms with E-state index in [4.69, 9.17) is 4.74 Å². The van der Waals surface area contributed by atoms with E-state index >= 15 is 0 Å². The molecule has 7 heteroatoms. The number of nitrogens with one attached hydrogen (secondary N) is 1. The van der Waals surface area contributed by atoms with Gasteiger partial charge in [0, 0.05) is 28.7 Å². The lowest BCUT2D eigenvalue weighted by atomic mass is 10.1. The highest BCUT2D eigenvalue weighted by Gasteiger charge is 2.36. The number of hydrogen-bond donors (Lipinski definition) is 1. The molecule has 3 aromatic rings. The van der Waals surface area contributed by atoms with Gasteiger partial charge in [-0.2, -0.15) is 0 Å². The predicted molar refractivity (Wildman–Crippen MR) is 107 cm³/mol. The number of ether oxygens (including phenoxy) is 1. The molecule has 1 aliphatic heterocycles. The van der Waals surface area contributed by atoms with Crippen LogP contribution >= 0.6 is 11.3 Å². The van der Waals surface area contributed by atoms with Crippen LogP contribution in [0.3, 0.4) is 0 Å². The molecule has 0 saturated carbocycles. The predicted octanol–water partition coefficient (Wildman–Crippen LogP) is 3.57. The summed E-state index contributed by atoms with van der Waals surface area (Å²) in [6.07, 6.45) is 1.29. The highest BCUT2D eigenvalue weighted by molar-refractivity contribution is 7.12. The number of fused-ring (bicyclic) bond motifs is 1. The number of aromatic amines is 1. The summed E-state index contributed by atoms with van der Waals surface area (Å²) in [4.78, 5) is 43.2. The Balaban J connectivity index is 1.44. The number of para-hydroxylation sites is 1. The monoisotopic (exact) mass is 396 g/mol. The van der Waals surface area contributed by atoms with E-state index in [0.717, 1.165) is 23.0 Å². The molecule has 1 N–H and O–H groups in total. The molecule has 1 fully saturated rings. The van der Waals surface area contributed by atoms with Crippen LogP contribution < -0.4 is 0 Å². The van der Waals surface area contributed by atoms with Gasteiger partial charge in [0.1, 0.15) is 6.04 Å². The van der Waals surface area contributed by atoms with Gasteiger partial charge in [0.25, 0.3) is 5.91 Å². The number of aromatic nitrogens is 1. The fraction of sp³-hybridized carbons (Fsp3) is 0.286. The van der Waals surface area contributed by atoms with Gasteiger partial charge in [0.05, 0.1) is 4.88 Å². The summed E-state index contributed by atoms with van der Waals surface area (Å²) in [5, 5.41) is 2.65. The van der Waals surface area contributed by atoms with Crippen molar-refractivity contribution in [3.63, 3.8) is 0 Å². The summed E-state index contributed by atoms with van der Waals surface area (Å²) in [5.41, 5.74) is 2.16.